The van der Waals surface area contributed by atoms with Crippen LogP contribution in [0.3, 0.4) is 0 Å². The van der Waals surface area contributed by atoms with Gasteiger partial charge in [-0.1, -0.05) is 13.3 Å². The summed E-state index contributed by atoms with van der Waals surface area (Å²) in [6, 6.07) is 7.58. The second-order valence-electron chi connectivity index (χ2n) is 9.99. The molecule has 10 nitrogen and oxygen atoms in total. The minimum atomic E-state index is -0.200. The molecule has 2 aromatic carbocycles. The summed E-state index contributed by atoms with van der Waals surface area (Å²) in [4.78, 5) is 38.9. The van der Waals surface area contributed by atoms with E-state index in [2.05, 4.69) is 12.2 Å². The van der Waals surface area contributed by atoms with Gasteiger partial charge in [0.05, 0.1) is 27.4 Å². The fourth-order valence-electron chi connectivity index (χ4n) is 4.94. The van der Waals surface area contributed by atoms with Crippen LogP contribution in [0.1, 0.15) is 61.3 Å². The molecule has 0 aliphatic carbocycles. The van der Waals surface area contributed by atoms with Crippen molar-refractivity contribution in [2.45, 2.75) is 65.2 Å². The van der Waals surface area contributed by atoms with Crippen LogP contribution in [-0.2, 0) is 35.8 Å². The number of aldehydes is 1. The number of nitrogens with one attached hydrogen (secondary N) is 1. The summed E-state index contributed by atoms with van der Waals surface area (Å²) in [7, 11) is 3.21. The predicted octanol–water partition coefficient (Wildman–Crippen LogP) is 4.20. The molecular formula is C30H39N3O7. The number of carbonyl (C=O) groups is 3. The topological polar surface area (TPSA) is 107 Å². The zero-order valence-corrected chi connectivity index (χ0v) is 23.6. The Labute approximate surface area is 235 Å². The van der Waals surface area contributed by atoms with Gasteiger partial charge in [0, 0.05) is 52.0 Å². The highest BCUT2D eigenvalue weighted by atomic mass is 16.5. The summed E-state index contributed by atoms with van der Waals surface area (Å²) < 4.78 is 23.2. The van der Waals surface area contributed by atoms with Crippen LogP contribution in [0.25, 0.3) is 0 Å². The fourth-order valence-corrected chi connectivity index (χ4v) is 4.94. The van der Waals surface area contributed by atoms with E-state index in [1.807, 2.05) is 29.2 Å². The molecule has 0 aromatic heterocycles. The molecule has 0 atom stereocenters. The Kier molecular flexibility index (Phi) is 10.1. The molecule has 0 radical (unpaired) electrons. The van der Waals surface area contributed by atoms with Crippen LogP contribution < -0.4 is 24.3 Å². The van der Waals surface area contributed by atoms with Gasteiger partial charge in [0.25, 0.3) is 0 Å². The first kappa shape index (κ1) is 29.0. The molecule has 1 N–H and O–H groups in total. The highest BCUT2D eigenvalue weighted by molar-refractivity contribution is 5.77. The first-order valence-electron chi connectivity index (χ1n) is 13.9. The van der Waals surface area contributed by atoms with Crippen LogP contribution in [0.5, 0.6) is 23.0 Å². The molecule has 10 heteroatoms. The van der Waals surface area contributed by atoms with E-state index in [9.17, 15) is 14.4 Å². The lowest BCUT2D eigenvalue weighted by molar-refractivity contribution is -0.131. The number of amides is 3. The van der Waals surface area contributed by atoms with Crippen molar-refractivity contribution in [2.24, 2.45) is 0 Å². The lowest BCUT2D eigenvalue weighted by Gasteiger charge is -2.15. The molecule has 4 rings (SSSR count). The first-order valence-corrected chi connectivity index (χ1v) is 13.9. The summed E-state index contributed by atoms with van der Waals surface area (Å²) in [5.74, 6) is 2.73. The van der Waals surface area contributed by atoms with Gasteiger partial charge in [0.2, 0.25) is 5.91 Å². The van der Waals surface area contributed by atoms with Gasteiger partial charge in [-0.2, -0.15) is 0 Å². The quantitative estimate of drug-likeness (QED) is 0.276. The Morgan fingerprint density at radius 1 is 0.800 bits per heavy atom. The highest BCUT2D eigenvalue weighted by Crippen LogP contribution is 2.37. The van der Waals surface area contributed by atoms with Crippen LogP contribution >= 0.6 is 0 Å². The van der Waals surface area contributed by atoms with Crippen molar-refractivity contribution in [3.8, 4) is 23.0 Å². The van der Waals surface area contributed by atoms with Gasteiger partial charge < -0.3 is 38.9 Å². The summed E-state index contributed by atoms with van der Waals surface area (Å²) in [6.45, 7) is 5.39. The molecule has 0 bridgehead atoms. The minimum absolute atomic E-state index is 0.184. The van der Waals surface area contributed by atoms with Gasteiger partial charge in [-0.05, 0) is 52.9 Å². The van der Waals surface area contributed by atoms with E-state index < -0.39 is 0 Å². The normalized spacial score (nSPS) is 13.5. The maximum Gasteiger partial charge on any atom is 0.318 e. The predicted molar refractivity (Wildman–Crippen MR) is 149 cm³/mol. The van der Waals surface area contributed by atoms with Crippen LogP contribution in [-0.4, -0.2) is 62.0 Å². The number of fused-ring (bicyclic) bond motifs is 2. The SMILES string of the molecule is CCCCC(=O)N1Cc2cc(OC)c(OCCCOc3cc4c(cc3OC)CN(C(=O)NCCC=O)C4)cc2C1. The van der Waals surface area contributed by atoms with Gasteiger partial charge in [-0.15, -0.1) is 0 Å². The van der Waals surface area contributed by atoms with E-state index in [4.69, 9.17) is 18.9 Å². The molecule has 40 heavy (non-hydrogen) atoms. The highest BCUT2D eigenvalue weighted by Gasteiger charge is 2.26. The number of methoxy groups -OCH3 is 2. The number of nitrogens with zero attached hydrogens (tertiary/aromatic N) is 2. The van der Waals surface area contributed by atoms with Gasteiger partial charge in [-0.3, -0.25) is 4.79 Å². The maximum atomic E-state index is 12.5. The van der Waals surface area contributed by atoms with E-state index in [1.54, 1.807) is 19.1 Å². The molecule has 0 spiro atoms. The lowest BCUT2D eigenvalue weighted by atomic mass is 10.1. The number of hydrogen-bond acceptors (Lipinski definition) is 7. The minimum Gasteiger partial charge on any atom is -0.493 e. The van der Waals surface area contributed by atoms with E-state index in [0.717, 1.165) is 41.4 Å². The van der Waals surface area contributed by atoms with Crippen molar-refractivity contribution in [2.75, 3.05) is 34.0 Å². The van der Waals surface area contributed by atoms with Gasteiger partial charge in [-0.25, -0.2) is 4.79 Å². The summed E-state index contributed by atoms with van der Waals surface area (Å²) in [6.07, 6.45) is 4.20. The van der Waals surface area contributed by atoms with E-state index in [1.165, 1.54) is 0 Å². The number of urea groups is 1. The second kappa shape index (κ2) is 13.9. The number of carbonyl (C=O) groups excluding carboxylic acids is 3. The maximum absolute atomic E-state index is 12.5. The van der Waals surface area contributed by atoms with Gasteiger partial charge in [0.1, 0.15) is 6.29 Å². The average Bonchev–Trinajstić information content (AvgIpc) is 3.58. The molecule has 2 aliphatic heterocycles. The van der Waals surface area contributed by atoms with Crippen LogP contribution in [0.4, 0.5) is 4.79 Å². The van der Waals surface area contributed by atoms with Crippen LogP contribution in [0, 0.1) is 0 Å². The number of unbranched alkanes of at least 4 members (excludes halogenated alkanes) is 1. The van der Waals surface area contributed by atoms with E-state index >= 15 is 0 Å². The van der Waals surface area contributed by atoms with Crippen molar-refractivity contribution >= 4 is 18.2 Å². The summed E-state index contributed by atoms with van der Waals surface area (Å²) in [5, 5.41) is 2.75. The molecule has 0 fully saturated rings. The third-order valence-corrected chi connectivity index (χ3v) is 7.14. The molecular weight excluding hydrogens is 514 g/mol. The number of ether oxygens (including phenoxy) is 4. The Hall–Kier alpha value is -3.95. The third-order valence-electron chi connectivity index (χ3n) is 7.14. The van der Waals surface area contributed by atoms with Crippen molar-refractivity contribution in [1.82, 2.24) is 15.1 Å². The third kappa shape index (κ3) is 6.97. The standard InChI is InChI=1S/C30H39N3O7/c1-4-5-8-29(35)32-17-21-13-25(37-2)27(15-23(21)18-32)39-11-7-12-40-28-16-24-20-33(30(36)31-9-6-10-34)19-22(24)14-26(28)38-3/h10,13-16H,4-9,11-12,17-20H2,1-3H3,(H,31,36). The van der Waals surface area contributed by atoms with Crippen LogP contribution in [0.2, 0.25) is 0 Å². The fraction of sp³-hybridized carbons (Fsp3) is 0.500. The second-order valence-corrected chi connectivity index (χ2v) is 9.99. The van der Waals surface area contributed by atoms with Crippen molar-refractivity contribution < 1.29 is 33.3 Å². The molecule has 216 valence electrons. The zero-order valence-electron chi connectivity index (χ0n) is 23.6. The smallest absolute Gasteiger partial charge is 0.318 e. The molecule has 2 aliphatic rings. The molecule has 2 aromatic rings. The van der Waals surface area contributed by atoms with Crippen LogP contribution in [0.15, 0.2) is 24.3 Å². The molecule has 3 amide bonds. The van der Waals surface area contributed by atoms with Gasteiger partial charge >= 0.3 is 6.03 Å². The number of rotatable bonds is 14. The number of hydrogen-bond donors (Lipinski definition) is 1. The Balaban J connectivity index is 1.28. The summed E-state index contributed by atoms with van der Waals surface area (Å²) >= 11 is 0. The Morgan fingerprint density at radius 3 is 1.77 bits per heavy atom. The lowest BCUT2D eigenvalue weighted by Crippen LogP contribution is -2.36. The van der Waals surface area contributed by atoms with Crippen molar-refractivity contribution in [1.29, 1.82) is 0 Å². The van der Waals surface area contributed by atoms with E-state index in [-0.39, 0.29) is 11.9 Å². The average molecular weight is 554 g/mol. The van der Waals surface area contributed by atoms with E-state index in [0.29, 0.717) is 88.2 Å². The number of benzene rings is 2. The molecule has 0 unspecified atom stereocenters. The first-order chi connectivity index (χ1) is 19.5. The van der Waals surface area contributed by atoms with Crippen molar-refractivity contribution in [3.63, 3.8) is 0 Å². The van der Waals surface area contributed by atoms with Crippen molar-refractivity contribution in [3.05, 3.63) is 46.5 Å². The molecule has 0 saturated heterocycles. The largest absolute Gasteiger partial charge is 0.493 e. The molecule has 2 heterocycles. The monoisotopic (exact) mass is 553 g/mol. The van der Waals surface area contributed by atoms with Gasteiger partial charge in [0.15, 0.2) is 23.0 Å². The Morgan fingerprint density at radius 2 is 1.30 bits per heavy atom. The Bertz CT molecular complexity index is 1220. The summed E-state index contributed by atoms with van der Waals surface area (Å²) in [5.41, 5.74) is 4.19. The molecule has 0 saturated carbocycles. The zero-order chi connectivity index (χ0) is 28.5.